The molecule has 25 heavy (non-hydrogen) atoms. The third-order valence-electron chi connectivity index (χ3n) is 3.72. The van der Waals surface area contributed by atoms with Crippen molar-refractivity contribution >= 4 is 34.1 Å². The molecule has 1 aliphatic carbocycles. The molecule has 0 saturated heterocycles. The second-order valence-corrected chi connectivity index (χ2v) is 7.27. The molecule has 1 aromatic carbocycles. The lowest BCUT2D eigenvalue weighted by Crippen LogP contribution is -2.41. The van der Waals surface area contributed by atoms with Crippen LogP contribution in [-0.2, 0) is 20.0 Å². The second kappa shape index (κ2) is 7.36. The Hall–Kier alpha value is -0.940. The predicted molar refractivity (Wildman–Crippen MR) is 97.0 cm³/mol. The van der Waals surface area contributed by atoms with Gasteiger partial charge in [0.1, 0.15) is 6.10 Å². The zero-order valence-corrected chi connectivity index (χ0v) is 16.7. The number of hydrogen-bond donors (Lipinski definition) is 0. The summed E-state index contributed by atoms with van der Waals surface area (Å²) in [5, 5.41) is 0. The van der Waals surface area contributed by atoms with Crippen LogP contribution >= 0.6 is 24.0 Å². The summed E-state index contributed by atoms with van der Waals surface area (Å²) in [4.78, 5) is 0. The van der Waals surface area contributed by atoms with Crippen molar-refractivity contribution < 1.29 is 30.2 Å². The summed E-state index contributed by atoms with van der Waals surface area (Å²) in [6.45, 7) is 5.02. The van der Waals surface area contributed by atoms with E-state index in [4.69, 9.17) is 0 Å². The highest BCUT2D eigenvalue weighted by Gasteiger charge is 2.52. The Kier molecular flexibility index (Phi) is 6.50. The maximum absolute atomic E-state index is 15.6. The van der Waals surface area contributed by atoms with Gasteiger partial charge in [-0.2, -0.15) is 21.6 Å². The smallest absolute Gasteiger partial charge is 0.251 e. The van der Waals surface area contributed by atoms with Crippen molar-refractivity contribution in [1.82, 2.24) is 0 Å². The Morgan fingerprint density at radius 1 is 1.08 bits per heavy atom. The number of rotatable bonds is 3. The van der Waals surface area contributed by atoms with E-state index in [0.717, 1.165) is 17.7 Å². The van der Waals surface area contributed by atoms with Crippen LogP contribution in [-0.4, -0.2) is 20.0 Å². The molecule has 0 radical (unpaired) electrons. The van der Waals surface area contributed by atoms with Gasteiger partial charge in [-0.3, -0.25) is 4.18 Å². The van der Waals surface area contributed by atoms with Crippen molar-refractivity contribution in [3.8, 4) is 0 Å². The molecule has 0 bridgehead atoms. The minimum Gasteiger partial charge on any atom is -0.251 e. The van der Waals surface area contributed by atoms with E-state index < -0.39 is 27.4 Å². The van der Waals surface area contributed by atoms with E-state index in [1.54, 1.807) is 32.9 Å². The van der Waals surface area contributed by atoms with Crippen molar-refractivity contribution in [2.45, 2.75) is 38.1 Å². The minimum absolute atomic E-state index is 0. The number of alkyl halides is 4. The molecule has 9 heteroatoms. The van der Waals surface area contributed by atoms with Crippen LogP contribution in [0.2, 0.25) is 0 Å². The first-order valence-electron chi connectivity index (χ1n) is 7.01. The zero-order valence-electron chi connectivity index (χ0n) is 13.6. The molecule has 0 spiro atoms. The maximum atomic E-state index is 15.6. The quantitative estimate of drug-likeness (QED) is 0.265. The van der Waals surface area contributed by atoms with E-state index in [1.165, 1.54) is 12.2 Å². The first kappa shape index (κ1) is 22.1. The van der Waals surface area contributed by atoms with Crippen molar-refractivity contribution in [1.29, 1.82) is 0 Å². The van der Waals surface area contributed by atoms with E-state index >= 15 is 4.39 Å². The van der Waals surface area contributed by atoms with E-state index in [2.05, 4.69) is 4.18 Å². The summed E-state index contributed by atoms with van der Waals surface area (Å²) >= 11 is 0. The monoisotopic (exact) mass is 492 g/mol. The number of allylic oxidation sites excluding steroid dienone is 2. The Morgan fingerprint density at radius 2 is 1.60 bits per heavy atom. The summed E-state index contributed by atoms with van der Waals surface area (Å²) in [6.07, 6.45) is 2.57. The van der Waals surface area contributed by atoms with Gasteiger partial charge in [0.15, 0.2) is 5.67 Å². The summed E-state index contributed by atoms with van der Waals surface area (Å²) in [5.74, 6) is 0. The fourth-order valence-electron chi connectivity index (χ4n) is 2.90. The zero-order chi connectivity index (χ0) is 18.3. The topological polar surface area (TPSA) is 43.4 Å². The Bertz CT molecular complexity index is 792. The van der Waals surface area contributed by atoms with Crippen LogP contribution in [0.4, 0.5) is 17.6 Å². The summed E-state index contributed by atoms with van der Waals surface area (Å²) in [6, 6.07) is 3.34. The highest BCUT2D eigenvalue weighted by Crippen LogP contribution is 2.42. The molecule has 140 valence electrons. The first-order chi connectivity index (χ1) is 10.9. The van der Waals surface area contributed by atoms with Crippen molar-refractivity contribution in [3.63, 3.8) is 0 Å². The molecule has 0 saturated carbocycles. The van der Waals surface area contributed by atoms with Gasteiger partial charge in [-0.05, 0) is 38.0 Å². The van der Waals surface area contributed by atoms with Gasteiger partial charge in [0.25, 0.3) is 0 Å². The highest BCUT2D eigenvalue weighted by atomic mass is 127. The lowest BCUT2D eigenvalue weighted by Gasteiger charge is -2.33. The molecule has 0 N–H and O–H groups in total. The number of hydrogen-bond acceptors (Lipinski definition) is 3. The molecule has 0 amide bonds. The number of benzene rings is 1. The van der Waals surface area contributed by atoms with E-state index in [1.807, 2.05) is 0 Å². The number of aryl methyl sites for hydroxylation is 3. The minimum atomic E-state index is -5.94. The molecular weight excluding hydrogens is 475 g/mol. The van der Waals surface area contributed by atoms with Crippen LogP contribution in [0, 0.1) is 20.8 Å². The van der Waals surface area contributed by atoms with Crippen molar-refractivity contribution in [3.05, 3.63) is 58.7 Å². The standard InChI is InChI=1S/C16H16F4O3S.HI/c1-10-8-11(2)14(12(3)9-10)15(17)7-5-4-6-13(15)23-24(21,22)16(18,19)20;/h4-9,13H,1-3H3;1H. The van der Waals surface area contributed by atoms with Gasteiger partial charge in [-0.25, -0.2) is 4.39 Å². The van der Waals surface area contributed by atoms with Gasteiger partial charge in [0, 0.05) is 5.56 Å². The van der Waals surface area contributed by atoms with Gasteiger partial charge in [0.2, 0.25) is 0 Å². The third kappa shape index (κ3) is 4.25. The van der Waals surface area contributed by atoms with Crippen LogP contribution in [0.1, 0.15) is 22.3 Å². The molecule has 0 fully saturated rings. The average Bonchev–Trinajstić information content (AvgIpc) is 2.38. The fraction of sp³-hybridized carbons (Fsp3) is 0.375. The maximum Gasteiger partial charge on any atom is 0.523 e. The highest BCUT2D eigenvalue weighted by molar-refractivity contribution is 14.0. The molecule has 1 aromatic rings. The molecule has 3 nitrogen and oxygen atoms in total. The van der Waals surface area contributed by atoms with Crippen molar-refractivity contribution in [2.75, 3.05) is 0 Å². The van der Waals surface area contributed by atoms with Gasteiger partial charge >= 0.3 is 15.6 Å². The van der Waals surface area contributed by atoms with Gasteiger partial charge in [-0.1, -0.05) is 35.9 Å². The molecule has 2 unspecified atom stereocenters. The van der Waals surface area contributed by atoms with Crippen LogP contribution in [0.3, 0.4) is 0 Å². The van der Waals surface area contributed by atoms with E-state index in [9.17, 15) is 21.6 Å². The Morgan fingerprint density at radius 3 is 2.08 bits per heavy atom. The molecule has 0 aliphatic heterocycles. The van der Waals surface area contributed by atoms with Crippen LogP contribution in [0.25, 0.3) is 0 Å². The largest absolute Gasteiger partial charge is 0.523 e. The van der Waals surface area contributed by atoms with Gasteiger partial charge in [0.05, 0.1) is 0 Å². The molecular formula is C16H17F4IO3S. The predicted octanol–water partition coefficient (Wildman–Crippen LogP) is 4.76. The number of halogens is 5. The SMILES string of the molecule is Cc1cc(C)c(C2(F)C=CC=CC2OS(=O)(=O)C(F)(F)F)c(C)c1.I. The van der Waals surface area contributed by atoms with Crippen LogP contribution in [0.15, 0.2) is 36.4 Å². The van der Waals surface area contributed by atoms with E-state index in [-0.39, 0.29) is 29.5 Å². The first-order valence-corrected chi connectivity index (χ1v) is 8.42. The van der Waals surface area contributed by atoms with Crippen LogP contribution in [0.5, 0.6) is 0 Å². The van der Waals surface area contributed by atoms with E-state index in [0.29, 0.717) is 11.1 Å². The summed E-state index contributed by atoms with van der Waals surface area (Å²) in [5.41, 5.74) is -6.22. The average molecular weight is 492 g/mol. The molecule has 1 aliphatic rings. The Balaban J connectivity index is 0.00000312. The normalized spacial score (nSPS) is 23.4. The van der Waals surface area contributed by atoms with Crippen molar-refractivity contribution in [2.24, 2.45) is 0 Å². The Labute approximate surface area is 160 Å². The molecule has 0 heterocycles. The molecule has 2 atom stereocenters. The summed E-state index contributed by atoms with van der Waals surface area (Å²) < 4.78 is 80.1. The summed E-state index contributed by atoms with van der Waals surface area (Å²) in [7, 11) is -5.94. The fourth-order valence-corrected chi connectivity index (χ4v) is 3.48. The van der Waals surface area contributed by atoms with Gasteiger partial charge < -0.3 is 0 Å². The third-order valence-corrected chi connectivity index (χ3v) is 4.75. The second-order valence-electron chi connectivity index (χ2n) is 5.70. The van der Waals surface area contributed by atoms with Crippen LogP contribution < -0.4 is 0 Å². The molecule has 2 rings (SSSR count). The molecule has 0 aromatic heterocycles. The lowest BCUT2D eigenvalue weighted by atomic mass is 9.81. The lowest BCUT2D eigenvalue weighted by molar-refractivity contribution is -0.0607. The van der Waals surface area contributed by atoms with Gasteiger partial charge in [-0.15, -0.1) is 24.0 Å².